The van der Waals surface area contributed by atoms with E-state index in [9.17, 15) is 14.9 Å². The normalized spacial score (nSPS) is 18.6. The summed E-state index contributed by atoms with van der Waals surface area (Å²) in [6, 6.07) is 8.95. The zero-order valence-corrected chi connectivity index (χ0v) is 17.1. The average Bonchev–Trinajstić information content (AvgIpc) is 3.45. The Morgan fingerprint density at radius 1 is 1.23 bits per heavy atom. The summed E-state index contributed by atoms with van der Waals surface area (Å²) in [7, 11) is 1.96. The molecule has 1 aromatic carbocycles. The fraction of sp³-hybridized carbons (Fsp3) is 0.476. The van der Waals surface area contributed by atoms with Crippen LogP contribution in [0.2, 0.25) is 0 Å². The fourth-order valence-corrected chi connectivity index (χ4v) is 4.38. The van der Waals surface area contributed by atoms with Gasteiger partial charge in [-0.25, -0.2) is 0 Å². The van der Waals surface area contributed by atoms with Gasteiger partial charge in [-0.2, -0.15) is 5.10 Å². The molecule has 0 aliphatic carbocycles. The minimum atomic E-state index is -0.472. The van der Waals surface area contributed by atoms with Crippen LogP contribution in [0.5, 0.6) is 0 Å². The maximum atomic E-state index is 12.9. The first-order chi connectivity index (χ1) is 14.5. The maximum Gasteiger partial charge on any atom is 0.282 e. The van der Waals surface area contributed by atoms with Crippen molar-refractivity contribution < 1.29 is 9.72 Å². The molecule has 0 spiro atoms. The summed E-state index contributed by atoms with van der Waals surface area (Å²) in [6.07, 6.45) is 5.66. The van der Waals surface area contributed by atoms with Gasteiger partial charge in [0, 0.05) is 57.2 Å². The number of hydrogen-bond acceptors (Lipinski definition) is 7. The molecule has 30 heavy (non-hydrogen) atoms. The van der Waals surface area contributed by atoms with E-state index in [2.05, 4.69) is 20.0 Å². The Morgan fingerprint density at radius 3 is 2.73 bits per heavy atom. The van der Waals surface area contributed by atoms with Crippen molar-refractivity contribution in [3.05, 3.63) is 52.2 Å². The summed E-state index contributed by atoms with van der Waals surface area (Å²) in [5.74, 6) is 0.610. The Bertz CT molecular complexity index is 916. The lowest BCUT2D eigenvalue weighted by molar-refractivity contribution is -0.385. The Balaban J connectivity index is 1.55. The first-order valence-corrected chi connectivity index (χ1v) is 10.4. The number of aromatic nitrogens is 2. The lowest BCUT2D eigenvalue weighted by Gasteiger charge is -2.30. The highest BCUT2D eigenvalue weighted by Gasteiger charge is 2.29. The molecule has 2 aliphatic heterocycles. The number of hydrogen-bond donors (Lipinski definition) is 0. The Labute approximate surface area is 175 Å². The molecule has 158 valence electrons. The Kier molecular flexibility index (Phi) is 5.78. The van der Waals surface area contributed by atoms with Gasteiger partial charge in [0.2, 0.25) is 0 Å². The van der Waals surface area contributed by atoms with Gasteiger partial charge in [0.1, 0.15) is 5.56 Å². The van der Waals surface area contributed by atoms with Crippen LogP contribution in [0.15, 0.2) is 36.5 Å². The molecule has 9 nitrogen and oxygen atoms in total. The fourth-order valence-electron chi connectivity index (χ4n) is 4.38. The van der Waals surface area contributed by atoms with Crippen LogP contribution in [0.4, 0.5) is 17.2 Å². The van der Waals surface area contributed by atoms with E-state index >= 15 is 0 Å². The summed E-state index contributed by atoms with van der Waals surface area (Å²) < 4.78 is 0. The smallest absolute Gasteiger partial charge is 0.282 e. The highest BCUT2D eigenvalue weighted by Crippen LogP contribution is 2.29. The molecule has 4 rings (SSSR count). The summed E-state index contributed by atoms with van der Waals surface area (Å²) in [5.41, 5.74) is 0.837. The quantitative estimate of drug-likeness (QED) is 0.534. The van der Waals surface area contributed by atoms with Gasteiger partial charge in [0.05, 0.1) is 4.92 Å². The lowest BCUT2D eigenvalue weighted by Crippen LogP contribution is -2.39. The summed E-state index contributed by atoms with van der Waals surface area (Å²) in [4.78, 5) is 30.0. The van der Waals surface area contributed by atoms with Gasteiger partial charge in [-0.1, -0.05) is 0 Å². The lowest BCUT2D eigenvalue weighted by atomic mass is 10.1. The number of nitro groups is 1. The number of carbonyl (C=O) groups excluding carboxylic acids is 1. The number of benzene rings is 1. The molecular formula is C21H26N6O3. The van der Waals surface area contributed by atoms with Crippen molar-refractivity contribution in [1.29, 1.82) is 0 Å². The third kappa shape index (κ3) is 4.05. The number of nitro benzene ring substituents is 1. The van der Waals surface area contributed by atoms with Gasteiger partial charge in [-0.05, 0) is 49.9 Å². The van der Waals surface area contributed by atoms with E-state index in [0.29, 0.717) is 13.1 Å². The SMILES string of the molecule is CN(CC1CCCN1c1cccnn1)c1ccc([N+](=O)[O-])c(C(=O)N2CCCC2)c1. The molecule has 0 saturated carbocycles. The number of nitrogens with zero attached hydrogens (tertiary/aromatic N) is 6. The van der Waals surface area contributed by atoms with Crippen LogP contribution in [-0.4, -0.2) is 65.2 Å². The van der Waals surface area contributed by atoms with Crippen molar-refractivity contribution in [3.63, 3.8) is 0 Å². The molecule has 2 saturated heterocycles. The Morgan fingerprint density at radius 2 is 2.03 bits per heavy atom. The number of rotatable bonds is 6. The monoisotopic (exact) mass is 410 g/mol. The van der Waals surface area contributed by atoms with Crippen molar-refractivity contribution in [2.75, 3.05) is 43.0 Å². The molecule has 2 aliphatic rings. The highest BCUT2D eigenvalue weighted by molar-refractivity contribution is 5.99. The summed E-state index contributed by atoms with van der Waals surface area (Å²) in [6.45, 7) is 2.97. The zero-order chi connectivity index (χ0) is 21.1. The van der Waals surface area contributed by atoms with E-state index in [0.717, 1.165) is 50.3 Å². The van der Waals surface area contributed by atoms with Gasteiger partial charge in [0.25, 0.3) is 11.6 Å². The van der Waals surface area contributed by atoms with Gasteiger partial charge in [-0.15, -0.1) is 5.10 Å². The van der Waals surface area contributed by atoms with E-state index < -0.39 is 4.92 Å². The number of anilines is 2. The van der Waals surface area contributed by atoms with Crippen LogP contribution in [0.1, 0.15) is 36.0 Å². The topological polar surface area (TPSA) is 95.7 Å². The van der Waals surface area contributed by atoms with Crippen molar-refractivity contribution in [2.24, 2.45) is 0 Å². The van der Waals surface area contributed by atoms with Crippen molar-refractivity contribution in [1.82, 2.24) is 15.1 Å². The number of carbonyl (C=O) groups is 1. The van der Waals surface area contributed by atoms with E-state index in [1.807, 2.05) is 19.2 Å². The molecule has 1 atom stereocenters. The largest absolute Gasteiger partial charge is 0.373 e. The van der Waals surface area contributed by atoms with E-state index in [-0.39, 0.29) is 23.2 Å². The molecule has 1 amide bonds. The standard InChI is InChI=1S/C21H26N6O3/c1-24(15-17-6-5-13-26(17)20-7-4-10-22-23-20)16-8-9-19(27(29)30)18(14-16)21(28)25-11-2-3-12-25/h4,7-10,14,17H,2-3,5-6,11-13,15H2,1H3. The molecule has 0 radical (unpaired) electrons. The third-order valence-electron chi connectivity index (χ3n) is 5.96. The molecule has 1 aromatic heterocycles. The maximum absolute atomic E-state index is 12.9. The highest BCUT2D eigenvalue weighted by atomic mass is 16.6. The number of likely N-dealkylation sites (N-methyl/N-ethyl adjacent to an activating group) is 1. The average molecular weight is 410 g/mol. The van der Waals surface area contributed by atoms with E-state index in [4.69, 9.17) is 0 Å². The van der Waals surface area contributed by atoms with Crippen LogP contribution >= 0.6 is 0 Å². The predicted octanol–water partition coefficient (Wildman–Crippen LogP) is 2.73. The summed E-state index contributed by atoms with van der Waals surface area (Å²) in [5, 5.41) is 19.7. The third-order valence-corrected chi connectivity index (χ3v) is 5.96. The van der Waals surface area contributed by atoms with Crippen LogP contribution < -0.4 is 9.80 Å². The Hall–Kier alpha value is -3.23. The first-order valence-electron chi connectivity index (χ1n) is 10.4. The van der Waals surface area contributed by atoms with Gasteiger partial charge in [0.15, 0.2) is 5.82 Å². The second-order valence-corrected chi connectivity index (χ2v) is 7.91. The molecular weight excluding hydrogens is 384 g/mol. The molecule has 2 fully saturated rings. The van der Waals surface area contributed by atoms with E-state index in [1.54, 1.807) is 23.2 Å². The molecule has 2 aromatic rings. The van der Waals surface area contributed by atoms with Crippen molar-refractivity contribution >= 4 is 23.1 Å². The van der Waals surface area contributed by atoms with Crippen molar-refractivity contribution in [3.8, 4) is 0 Å². The molecule has 3 heterocycles. The van der Waals surface area contributed by atoms with E-state index in [1.165, 1.54) is 6.07 Å². The van der Waals surface area contributed by atoms with Gasteiger partial charge in [-0.3, -0.25) is 14.9 Å². The van der Waals surface area contributed by atoms with Crippen LogP contribution in [0.3, 0.4) is 0 Å². The van der Waals surface area contributed by atoms with Crippen molar-refractivity contribution in [2.45, 2.75) is 31.7 Å². The first kappa shape index (κ1) is 20.1. The van der Waals surface area contributed by atoms with Gasteiger partial charge < -0.3 is 14.7 Å². The molecule has 0 N–H and O–H groups in total. The number of amides is 1. The minimum Gasteiger partial charge on any atom is -0.373 e. The molecule has 1 unspecified atom stereocenters. The van der Waals surface area contributed by atoms with Gasteiger partial charge >= 0.3 is 0 Å². The number of likely N-dealkylation sites (tertiary alicyclic amines) is 1. The zero-order valence-electron chi connectivity index (χ0n) is 17.1. The summed E-state index contributed by atoms with van der Waals surface area (Å²) >= 11 is 0. The van der Waals surface area contributed by atoms with Crippen LogP contribution in [0.25, 0.3) is 0 Å². The molecule has 9 heteroatoms. The second-order valence-electron chi connectivity index (χ2n) is 7.91. The van der Waals surface area contributed by atoms with Crippen LogP contribution in [0, 0.1) is 10.1 Å². The second kappa shape index (κ2) is 8.64. The van der Waals surface area contributed by atoms with Crippen LogP contribution in [-0.2, 0) is 0 Å². The molecule has 0 bridgehead atoms. The predicted molar refractivity (Wildman–Crippen MR) is 114 cm³/mol. The minimum absolute atomic E-state index is 0.133.